The normalized spacial score (nSPS) is 15.3. The first-order valence-corrected chi connectivity index (χ1v) is 12.4. The molecule has 34 heavy (non-hydrogen) atoms. The van der Waals surface area contributed by atoms with Crippen LogP contribution in [0.3, 0.4) is 0 Å². The molecule has 0 radical (unpaired) electrons. The fourth-order valence-corrected chi connectivity index (χ4v) is 4.83. The van der Waals surface area contributed by atoms with E-state index in [1.165, 1.54) is 12.1 Å². The summed E-state index contributed by atoms with van der Waals surface area (Å²) in [6.45, 7) is 4.95. The van der Waals surface area contributed by atoms with Crippen LogP contribution in [-0.2, 0) is 24.1 Å². The van der Waals surface area contributed by atoms with Crippen LogP contribution in [0, 0.1) is 0 Å². The molecular formula is C27H38N2O5. The summed E-state index contributed by atoms with van der Waals surface area (Å²) in [5.41, 5.74) is 2.71. The lowest BCUT2D eigenvalue weighted by Gasteiger charge is -2.35. The summed E-state index contributed by atoms with van der Waals surface area (Å²) in [7, 11) is 0. The van der Waals surface area contributed by atoms with Gasteiger partial charge < -0.3 is 30.6 Å². The molecule has 5 N–H and O–H groups in total. The summed E-state index contributed by atoms with van der Waals surface area (Å²) in [4.78, 5) is 14.6. The molecule has 1 amide bonds. The number of hydrogen-bond donors (Lipinski definition) is 5. The highest BCUT2D eigenvalue weighted by Crippen LogP contribution is 2.36. The number of phenolic OH excluding ortho intramolecular Hbond substituents is 4. The van der Waals surface area contributed by atoms with Crippen LogP contribution in [0.25, 0.3) is 0 Å². The largest absolute Gasteiger partial charge is 0.504 e. The van der Waals surface area contributed by atoms with Gasteiger partial charge in [0.15, 0.2) is 23.0 Å². The van der Waals surface area contributed by atoms with Gasteiger partial charge in [0.25, 0.3) is 0 Å². The average Bonchev–Trinajstić information content (AvgIpc) is 2.82. The van der Waals surface area contributed by atoms with Gasteiger partial charge in [0.2, 0.25) is 5.91 Å². The summed E-state index contributed by atoms with van der Waals surface area (Å²) in [6.07, 6.45) is 8.20. The molecule has 1 aliphatic rings. The molecule has 0 aromatic heterocycles. The van der Waals surface area contributed by atoms with Gasteiger partial charge in [-0.15, -0.1) is 0 Å². The second kappa shape index (κ2) is 12.5. The molecule has 1 atom stereocenters. The van der Waals surface area contributed by atoms with Crippen molar-refractivity contribution < 1.29 is 25.2 Å². The second-order valence-corrected chi connectivity index (χ2v) is 9.27. The summed E-state index contributed by atoms with van der Waals surface area (Å²) >= 11 is 0. The molecule has 0 saturated heterocycles. The Bertz CT molecular complexity index is 962. The fourth-order valence-electron chi connectivity index (χ4n) is 4.83. The van der Waals surface area contributed by atoms with Crippen LogP contribution in [-0.4, -0.2) is 56.9 Å². The molecule has 0 heterocycles. The minimum atomic E-state index is -0.211. The van der Waals surface area contributed by atoms with Gasteiger partial charge in [-0.25, -0.2) is 0 Å². The van der Waals surface area contributed by atoms with E-state index in [-0.39, 0.29) is 35.3 Å². The van der Waals surface area contributed by atoms with Crippen molar-refractivity contribution in [3.63, 3.8) is 0 Å². The van der Waals surface area contributed by atoms with Crippen molar-refractivity contribution in [1.29, 1.82) is 0 Å². The van der Waals surface area contributed by atoms with Crippen LogP contribution >= 0.6 is 0 Å². The summed E-state index contributed by atoms with van der Waals surface area (Å²) < 4.78 is 0. The van der Waals surface area contributed by atoms with Crippen molar-refractivity contribution >= 4 is 5.91 Å². The molecule has 0 spiro atoms. The number of rotatable bonds is 12. The van der Waals surface area contributed by atoms with Crippen LogP contribution in [0.15, 0.2) is 30.3 Å². The SMILES string of the molecule is CCCN(CCCCCCNC(=O)Cc1ccc(O)c(O)c1)[C@H]1CCc2c(ccc(O)c2O)C1. The monoisotopic (exact) mass is 470 g/mol. The van der Waals surface area contributed by atoms with Crippen LogP contribution in [0.4, 0.5) is 0 Å². The summed E-state index contributed by atoms with van der Waals surface area (Å²) in [5.74, 6) is -0.465. The third kappa shape index (κ3) is 7.03. The number of aromatic hydroxyl groups is 4. The Balaban J connectivity index is 1.34. The number of carbonyl (C=O) groups excluding carboxylic acids is 1. The molecule has 0 saturated carbocycles. The zero-order valence-corrected chi connectivity index (χ0v) is 20.1. The van der Waals surface area contributed by atoms with Gasteiger partial charge in [0.05, 0.1) is 6.42 Å². The van der Waals surface area contributed by atoms with Crippen LogP contribution < -0.4 is 5.32 Å². The van der Waals surface area contributed by atoms with E-state index in [0.29, 0.717) is 18.2 Å². The van der Waals surface area contributed by atoms with Gasteiger partial charge >= 0.3 is 0 Å². The molecule has 2 aromatic rings. The minimum absolute atomic E-state index is 0.0292. The minimum Gasteiger partial charge on any atom is -0.504 e. The Morgan fingerprint density at radius 3 is 2.50 bits per heavy atom. The van der Waals surface area contributed by atoms with Crippen LogP contribution in [0.5, 0.6) is 23.0 Å². The smallest absolute Gasteiger partial charge is 0.224 e. The van der Waals surface area contributed by atoms with Crippen molar-refractivity contribution in [2.24, 2.45) is 0 Å². The Hall–Kier alpha value is -2.93. The molecule has 3 rings (SSSR count). The highest BCUT2D eigenvalue weighted by Gasteiger charge is 2.26. The first-order chi connectivity index (χ1) is 16.4. The molecule has 0 bridgehead atoms. The number of nitrogens with zero attached hydrogens (tertiary/aromatic N) is 1. The number of unbranched alkanes of at least 4 members (excludes halogenated alkanes) is 3. The lowest BCUT2D eigenvalue weighted by molar-refractivity contribution is -0.120. The van der Waals surface area contributed by atoms with E-state index in [1.54, 1.807) is 12.1 Å². The highest BCUT2D eigenvalue weighted by molar-refractivity contribution is 5.78. The summed E-state index contributed by atoms with van der Waals surface area (Å²) in [6, 6.07) is 8.44. The van der Waals surface area contributed by atoms with Crippen LogP contribution in [0.1, 0.15) is 62.1 Å². The Labute approximate surface area is 202 Å². The van der Waals surface area contributed by atoms with Crippen molar-refractivity contribution in [3.05, 3.63) is 47.0 Å². The number of fused-ring (bicyclic) bond motifs is 1. The van der Waals surface area contributed by atoms with Gasteiger partial charge in [0, 0.05) is 18.2 Å². The van der Waals surface area contributed by atoms with E-state index in [1.807, 2.05) is 6.07 Å². The van der Waals surface area contributed by atoms with Gasteiger partial charge in [0.1, 0.15) is 0 Å². The summed E-state index contributed by atoms with van der Waals surface area (Å²) in [5, 5.41) is 41.7. The predicted molar refractivity (Wildman–Crippen MR) is 132 cm³/mol. The number of benzene rings is 2. The van der Waals surface area contributed by atoms with E-state index in [4.69, 9.17) is 0 Å². The fraction of sp³-hybridized carbons (Fsp3) is 0.519. The van der Waals surface area contributed by atoms with E-state index < -0.39 is 0 Å². The molecule has 1 aliphatic carbocycles. The molecule has 2 aromatic carbocycles. The second-order valence-electron chi connectivity index (χ2n) is 9.27. The van der Waals surface area contributed by atoms with Crippen molar-refractivity contribution in [1.82, 2.24) is 10.2 Å². The van der Waals surface area contributed by atoms with E-state index in [9.17, 15) is 25.2 Å². The molecule has 186 valence electrons. The molecule has 0 aliphatic heterocycles. The van der Waals surface area contributed by atoms with E-state index in [0.717, 1.165) is 75.6 Å². The zero-order chi connectivity index (χ0) is 24.5. The highest BCUT2D eigenvalue weighted by atomic mass is 16.3. The lowest BCUT2D eigenvalue weighted by atomic mass is 9.86. The average molecular weight is 471 g/mol. The quantitative estimate of drug-likeness (QED) is 0.237. The first-order valence-electron chi connectivity index (χ1n) is 12.4. The van der Waals surface area contributed by atoms with Crippen molar-refractivity contribution in [2.75, 3.05) is 19.6 Å². The number of hydrogen-bond acceptors (Lipinski definition) is 6. The molecule has 7 heteroatoms. The molecule has 7 nitrogen and oxygen atoms in total. The van der Waals surface area contributed by atoms with Gasteiger partial charge in [-0.2, -0.15) is 0 Å². The lowest BCUT2D eigenvalue weighted by Crippen LogP contribution is -2.40. The maximum Gasteiger partial charge on any atom is 0.224 e. The molecule has 0 unspecified atom stereocenters. The number of amides is 1. The van der Waals surface area contributed by atoms with E-state index in [2.05, 4.69) is 17.1 Å². The maximum atomic E-state index is 12.1. The Kier molecular flexibility index (Phi) is 9.45. The maximum absolute atomic E-state index is 12.1. The van der Waals surface area contributed by atoms with Gasteiger partial charge in [-0.05, 0) is 80.9 Å². The topological polar surface area (TPSA) is 113 Å². The predicted octanol–water partition coefficient (Wildman–Crippen LogP) is 4.00. The third-order valence-electron chi connectivity index (χ3n) is 6.67. The Morgan fingerprint density at radius 1 is 0.971 bits per heavy atom. The van der Waals surface area contributed by atoms with Gasteiger partial charge in [-0.1, -0.05) is 31.9 Å². The molecular weight excluding hydrogens is 432 g/mol. The van der Waals surface area contributed by atoms with E-state index >= 15 is 0 Å². The molecule has 0 fully saturated rings. The number of phenols is 4. The Morgan fingerprint density at radius 2 is 1.74 bits per heavy atom. The third-order valence-corrected chi connectivity index (χ3v) is 6.67. The van der Waals surface area contributed by atoms with Crippen molar-refractivity contribution in [2.45, 2.75) is 70.8 Å². The first kappa shape index (κ1) is 25.7. The van der Waals surface area contributed by atoms with Crippen molar-refractivity contribution in [3.8, 4) is 23.0 Å². The number of carbonyl (C=O) groups is 1. The van der Waals surface area contributed by atoms with Gasteiger partial charge in [-0.3, -0.25) is 4.79 Å². The standard InChI is InChI=1S/C27H38N2O5/c1-2-14-29(21-9-10-22-20(18-21)8-12-24(31)27(22)34)15-6-4-3-5-13-28-26(33)17-19-7-11-23(30)25(32)16-19/h7-8,11-12,16,21,30-32,34H,2-6,9-10,13-15,17-18H2,1H3,(H,28,33)/t21-/m0/s1. The van der Waals surface area contributed by atoms with Crippen LogP contribution in [0.2, 0.25) is 0 Å². The zero-order valence-electron chi connectivity index (χ0n) is 20.1. The number of nitrogens with one attached hydrogen (secondary N) is 1.